The first-order valence-corrected chi connectivity index (χ1v) is 8.12. The molecule has 0 amide bonds. The Balaban J connectivity index is 1.93. The van der Waals surface area contributed by atoms with Crippen LogP contribution >= 0.6 is 0 Å². The quantitative estimate of drug-likeness (QED) is 0.440. The van der Waals surface area contributed by atoms with Crippen LogP contribution in [0, 0.1) is 0 Å². The maximum atomic E-state index is 7.86. The van der Waals surface area contributed by atoms with Gasteiger partial charge < -0.3 is 9.47 Å². The van der Waals surface area contributed by atoms with E-state index in [2.05, 4.69) is 0 Å². The summed E-state index contributed by atoms with van der Waals surface area (Å²) in [6.45, 7) is 3.30. The molecule has 0 N–H and O–H groups in total. The molecule has 0 aliphatic carbocycles. The van der Waals surface area contributed by atoms with Crippen molar-refractivity contribution in [3.8, 4) is 0 Å². The van der Waals surface area contributed by atoms with E-state index >= 15 is 0 Å². The fraction of sp³-hybridized carbons (Fsp3) is 1.00. The van der Waals surface area contributed by atoms with Gasteiger partial charge >= 0.3 is 0 Å². The molecular formula is C17H34O2. The Bertz CT molecular complexity index is 305. The van der Waals surface area contributed by atoms with Crippen LogP contribution in [-0.4, -0.2) is 19.5 Å². The summed E-state index contributed by atoms with van der Waals surface area (Å²) in [7, 11) is 0. The standard InChI is InChI=1S/C17H34O2/c1-2-3-4-5-6-7-8-9-10-12-15-18-17-14-11-13-16-19-17/h17H,2-16H2,1H3/i3D2,4D2. The Morgan fingerprint density at radius 3 is 2.42 bits per heavy atom. The third kappa shape index (κ3) is 10.4. The van der Waals surface area contributed by atoms with Gasteiger partial charge in [0.05, 0.1) is 0 Å². The van der Waals surface area contributed by atoms with E-state index < -0.39 is 12.7 Å². The zero-order valence-corrected chi connectivity index (χ0v) is 12.6. The topological polar surface area (TPSA) is 18.5 Å². The van der Waals surface area contributed by atoms with Crippen LogP contribution in [0.3, 0.4) is 0 Å². The van der Waals surface area contributed by atoms with Crippen LogP contribution < -0.4 is 0 Å². The molecule has 0 aromatic rings. The Morgan fingerprint density at radius 1 is 1.00 bits per heavy atom. The maximum absolute atomic E-state index is 7.86. The Hall–Kier alpha value is -0.0800. The molecule has 0 radical (unpaired) electrons. The highest BCUT2D eigenvalue weighted by molar-refractivity contribution is 4.54. The second-order valence-corrected chi connectivity index (χ2v) is 5.25. The minimum absolute atomic E-state index is 0.0135. The normalized spacial score (nSPS) is 24.4. The highest BCUT2D eigenvalue weighted by atomic mass is 16.7. The van der Waals surface area contributed by atoms with Gasteiger partial charge in [-0.05, 0) is 25.7 Å². The molecule has 1 rings (SSSR count). The Kier molecular flexibility index (Phi) is 7.87. The van der Waals surface area contributed by atoms with Crippen LogP contribution in [0.25, 0.3) is 0 Å². The number of hydrogen-bond donors (Lipinski definition) is 0. The van der Waals surface area contributed by atoms with Gasteiger partial charge in [0, 0.05) is 18.7 Å². The lowest BCUT2D eigenvalue weighted by atomic mass is 10.1. The Labute approximate surface area is 125 Å². The second kappa shape index (κ2) is 12.9. The molecule has 2 heteroatoms. The van der Waals surface area contributed by atoms with Crippen LogP contribution in [0.5, 0.6) is 0 Å². The van der Waals surface area contributed by atoms with Crippen molar-refractivity contribution >= 4 is 0 Å². The molecule has 19 heavy (non-hydrogen) atoms. The highest BCUT2D eigenvalue weighted by Gasteiger charge is 2.13. The van der Waals surface area contributed by atoms with E-state index in [0.717, 1.165) is 64.6 Å². The first-order valence-electron chi connectivity index (χ1n) is 10.1. The number of unbranched alkanes of at least 4 members (excludes halogenated alkanes) is 5. The van der Waals surface area contributed by atoms with E-state index in [-0.39, 0.29) is 12.7 Å². The van der Waals surface area contributed by atoms with E-state index in [1.165, 1.54) is 6.42 Å². The zero-order valence-electron chi connectivity index (χ0n) is 16.6. The predicted molar refractivity (Wildman–Crippen MR) is 81.4 cm³/mol. The summed E-state index contributed by atoms with van der Waals surface area (Å²) in [4.78, 5) is 0. The summed E-state index contributed by atoms with van der Waals surface area (Å²) in [6.07, 6.45) is 6.66. The monoisotopic (exact) mass is 274 g/mol. The lowest BCUT2D eigenvalue weighted by Gasteiger charge is -2.22. The first-order chi connectivity index (χ1) is 10.9. The number of ether oxygens (including phenoxy) is 2. The molecule has 0 bridgehead atoms. The van der Waals surface area contributed by atoms with E-state index in [1.807, 2.05) is 0 Å². The van der Waals surface area contributed by atoms with Crippen LogP contribution in [-0.2, 0) is 9.47 Å². The number of rotatable bonds is 12. The Morgan fingerprint density at radius 2 is 1.74 bits per heavy atom. The fourth-order valence-corrected chi connectivity index (χ4v) is 2.29. The number of hydrogen-bond acceptors (Lipinski definition) is 2. The second-order valence-electron chi connectivity index (χ2n) is 5.25. The maximum Gasteiger partial charge on any atom is 0.157 e. The van der Waals surface area contributed by atoms with Gasteiger partial charge in [-0.25, -0.2) is 0 Å². The zero-order chi connectivity index (χ0) is 17.2. The average Bonchev–Trinajstić information content (AvgIpc) is 2.54. The molecule has 1 heterocycles. The van der Waals surface area contributed by atoms with E-state index in [9.17, 15) is 0 Å². The minimum atomic E-state index is -1.72. The molecule has 2 nitrogen and oxygen atoms in total. The molecule has 0 saturated carbocycles. The summed E-state index contributed by atoms with van der Waals surface area (Å²) >= 11 is 0. The van der Waals surface area contributed by atoms with Crippen LogP contribution in [0.2, 0.25) is 0 Å². The first kappa shape index (κ1) is 11.6. The van der Waals surface area contributed by atoms with Crippen molar-refractivity contribution in [2.75, 3.05) is 13.2 Å². The minimum Gasteiger partial charge on any atom is -0.353 e. The lowest BCUT2D eigenvalue weighted by Crippen LogP contribution is -2.22. The van der Waals surface area contributed by atoms with Crippen LogP contribution in [0.4, 0.5) is 0 Å². The SMILES string of the molecule is [2H]C([2H])(CC)C([2H])([2H])CCCCCCCCOC1CCCCO1. The summed E-state index contributed by atoms with van der Waals surface area (Å²) in [5.74, 6) is 0. The van der Waals surface area contributed by atoms with Crippen molar-refractivity contribution in [1.82, 2.24) is 0 Å². The third-order valence-electron chi connectivity index (χ3n) is 3.44. The molecule has 1 aliphatic rings. The van der Waals surface area contributed by atoms with Crippen molar-refractivity contribution < 1.29 is 15.0 Å². The van der Waals surface area contributed by atoms with Gasteiger partial charge in [-0.2, -0.15) is 0 Å². The van der Waals surface area contributed by atoms with Gasteiger partial charge in [0.2, 0.25) is 0 Å². The van der Waals surface area contributed by atoms with E-state index in [0.29, 0.717) is 6.42 Å². The lowest BCUT2D eigenvalue weighted by molar-refractivity contribution is -0.162. The predicted octanol–water partition coefficient (Wildman–Crippen LogP) is 5.45. The third-order valence-corrected chi connectivity index (χ3v) is 3.44. The van der Waals surface area contributed by atoms with Gasteiger partial charge in [-0.15, -0.1) is 0 Å². The summed E-state index contributed by atoms with van der Waals surface area (Å²) in [5, 5.41) is 0. The van der Waals surface area contributed by atoms with Gasteiger partial charge in [-0.3, -0.25) is 0 Å². The van der Waals surface area contributed by atoms with E-state index in [1.54, 1.807) is 6.92 Å². The smallest absolute Gasteiger partial charge is 0.157 e. The molecule has 1 atom stereocenters. The summed E-state index contributed by atoms with van der Waals surface area (Å²) in [5.41, 5.74) is 0. The van der Waals surface area contributed by atoms with Crippen molar-refractivity contribution in [2.24, 2.45) is 0 Å². The molecule has 114 valence electrons. The van der Waals surface area contributed by atoms with Crippen molar-refractivity contribution in [2.45, 2.75) is 96.6 Å². The summed E-state index contributed by atoms with van der Waals surface area (Å²) < 4.78 is 42.4. The summed E-state index contributed by atoms with van der Waals surface area (Å²) in [6, 6.07) is 0. The van der Waals surface area contributed by atoms with Gasteiger partial charge in [0.1, 0.15) is 0 Å². The molecule has 1 saturated heterocycles. The van der Waals surface area contributed by atoms with E-state index in [4.69, 9.17) is 15.0 Å². The molecule has 1 unspecified atom stereocenters. The fourth-order valence-electron chi connectivity index (χ4n) is 2.29. The largest absolute Gasteiger partial charge is 0.353 e. The molecule has 0 aromatic carbocycles. The van der Waals surface area contributed by atoms with Crippen molar-refractivity contribution in [1.29, 1.82) is 0 Å². The van der Waals surface area contributed by atoms with Gasteiger partial charge in [-0.1, -0.05) is 64.6 Å². The molecule has 0 spiro atoms. The van der Waals surface area contributed by atoms with Crippen molar-refractivity contribution in [3.63, 3.8) is 0 Å². The van der Waals surface area contributed by atoms with Gasteiger partial charge in [0.15, 0.2) is 6.29 Å². The van der Waals surface area contributed by atoms with Crippen molar-refractivity contribution in [3.05, 3.63) is 0 Å². The average molecular weight is 274 g/mol. The molecule has 1 fully saturated rings. The molecule has 0 aromatic heterocycles. The van der Waals surface area contributed by atoms with Gasteiger partial charge in [0.25, 0.3) is 0 Å². The highest BCUT2D eigenvalue weighted by Crippen LogP contribution is 2.15. The molecular weight excluding hydrogens is 236 g/mol. The van der Waals surface area contributed by atoms with Crippen LogP contribution in [0.1, 0.15) is 95.8 Å². The molecule has 1 aliphatic heterocycles. The van der Waals surface area contributed by atoms with Crippen LogP contribution in [0.15, 0.2) is 0 Å².